The van der Waals surface area contributed by atoms with Crippen LogP contribution in [0.15, 0.2) is 35.0 Å². The molecule has 3 heterocycles. The minimum atomic E-state index is 0.518. The van der Waals surface area contributed by atoms with Crippen LogP contribution in [0.25, 0.3) is 21.9 Å². The highest BCUT2D eigenvalue weighted by atomic mass is 35.5. The molecule has 0 saturated heterocycles. The van der Waals surface area contributed by atoms with Crippen LogP contribution >= 0.6 is 11.6 Å². The summed E-state index contributed by atoms with van der Waals surface area (Å²) < 4.78 is 5.48. The first-order valence-electron chi connectivity index (χ1n) is 6.53. The molecular formula is C15H11ClN4O. The van der Waals surface area contributed by atoms with Crippen LogP contribution in [0.1, 0.15) is 17.5 Å². The maximum Gasteiger partial charge on any atom is 0.201 e. The van der Waals surface area contributed by atoms with Gasteiger partial charge in [-0.25, -0.2) is 9.97 Å². The Balaban J connectivity index is 1.85. The number of aromatic nitrogens is 4. The molecule has 0 aliphatic heterocycles. The summed E-state index contributed by atoms with van der Waals surface area (Å²) in [7, 11) is 0. The lowest BCUT2D eigenvalue weighted by Gasteiger charge is -1.98. The van der Waals surface area contributed by atoms with E-state index in [0.29, 0.717) is 17.3 Å². The smallest absolute Gasteiger partial charge is 0.201 e. The van der Waals surface area contributed by atoms with Crippen molar-refractivity contribution in [2.24, 2.45) is 0 Å². The Hall–Kier alpha value is -2.40. The Labute approximate surface area is 125 Å². The zero-order chi connectivity index (χ0) is 14.4. The number of pyridine rings is 1. The molecule has 1 N–H and O–H groups in total. The van der Waals surface area contributed by atoms with Crippen LogP contribution in [0.3, 0.4) is 0 Å². The van der Waals surface area contributed by atoms with Crippen molar-refractivity contribution >= 4 is 33.5 Å². The number of halogens is 1. The number of nitrogens with zero attached hydrogens (tertiary/aromatic N) is 3. The summed E-state index contributed by atoms with van der Waals surface area (Å²) in [5.41, 5.74) is 2.62. The monoisotopic (exact) mass is 298 g/mol. The molecule has 0 fully saturated rings. The Morgan fingerprint density at radius 1 is 1.19 bits per heavy atom. The molecule has 0 aliphatic carbocycles. The van der Waals surface area contributed by atoms with E-state index in [2.05, 4.69) is 19.9 Å². The van der Waals surface area contributed by atoms with Gasteiger partial charge in [-0.3, -0.25) is 4.98 Å². The fourth-order valence-corrected chi connectivity index (χ4v) is 2.57. The normalized spacial score (nSPS) is 11.5. The van der Waals surface area contributed by atoms with E-state index in [-0.39, 0.29) is 0 Å². The molecule has 1 aromatic carbocycles. The van der Waals surface area contributed by atoms with Gasteiger partial charge in [0.05, 0.1) is 29.8 Å². The SMILES string of the molecule is Cc1cnc(Cc2nc3cnc4ccc(Cl)cc4c3[nH]2)o1. The summed E-state index contributed by atoms with van der Waals surface area (Å²) in [5.74, 6) is 2.22. The number of hydrogen-bond donors (Lipinski definition) is 1. The Morgan fingerprint density at radius 2 is 2.10 bits per heavy atom. The summed E-state index contributed by atoms with van der Waals surface area (Å²) in [5, 5.41) is 1.64. The third kappa shape index (κ3) is 2.15. The van der Waals surface area contributed by atoms with Gasteiger partial charge >= 0.3 is 0 Å². The summed E-state index contributed by atoms with van der Waals surface area (Å²) >= 11 is 6.07. The number of oxazole rings is 1. The number of rotatable bonds is 2. The number of hydrogen-bond acceptors (Lipinski definition) is 4. The molecule has 5 nitrogen and oxygen atoms in total. The van der Waals surface area contributed by atoms with Gasteiger partial charge in [0, 0.05) is 10.4 Å². The molecule has 104 valence electrons. The van der Waals surface area contributed by atoms with E-state index < -0.39 is 0 Å². The van der Waals surface area contributed by atoms with Crippen molar-refractivity contribution in [1.82, 2.24) is 19.9 Å². The fourth-order valence-electron chi connectivity index (χ4n) is 2.40. The summed E-state index contributed by atoms with van der Waals surface area (Å²) in [6.07, 6.45) is 3.98. The molecule has 0 aliphatic rings. The minimum absolute atomic E-state index is 0.518. The van der Waals surface area contributed by atoms with Gasteiger partial charge in [0.1, 0.15) is 17.1 Å². The molecule has 0 spiro atoms. The van der Waals surface area contributed by atoms with Gasteiger partial charge in [-0.15, -0.1) is 0 Å². The highest BCUT2D eigenvalue weighted by molar-refractivity contribution is 6.31. The second-order valence-corrected chi connectivity index (χ2v) is 5.34. The average molecular weight is 299 g/mol. The number of H-pyrrole nitrogens is 1. The molecule has 4 aromatic rings. The molecule has 6 heteroatoms. The second-order valence-electron chi connectivity index (χ2n) is 4.90. The van der Waals surface area contributed by atoms with E-state index in [0.717, 1.165) is 33.5 Å². The average Bonchev–Trinajstić information content (AvgIpc) is 3.05. The third-order valence-corrected chi connectivity index (χ3v) is 3.56. The van der Waals surface area contributed by atoms with Gasteiger partial charge in [-0.05, 0) is 25.1 Å². The van der Waals surface area contributed by atoms with Crippen LogP contribution in [0.2, 0.25) is 5.02 Å². The lowest BCUT2D eigenvalue weighted by molar-refractivity contribution is 0.479. The van der Waals surface area contributed by atoms with Crippen molar-refractivity contribution < 1.29 is 4.42 Å². The number of benzene rings is 1. The molecule has 0 radical (unpaired) electrons. The van der Waals surface area contributed by atoms with Crippen molar-refractivity contribution in [3.8, 4) is 0 Å². The van der Waals surface area contributed by atoms with E-state index >= 15 is 0 Å². The number of nitrogens with one attached hydrogen (secondary N) is 1. The van der Waals surface area contributed by atoms with Crippen LogP contribution in [0.4, 0.5) is 0 Å². The number of fused-ring (bicyclic) bond motifs is 3. The molecule has 0 saturated carbocycles. The van der Waals surface area contributed by atoms with E-state index in [9.17, 15) is 0 Å². The number of imidazole rings is 1. The highest BCUT2D eigenvalue weighted by Gasteiger charge is 2.10. The molecule has 0 unspecified atom stereocenters. The third-order valence-electron chi connectivity index (χ3n) is 3.32. The van der Waals surface area contributed by atoms with Gasteiger partial charge in [0.2, 0.25) is 5.89 Å². The van der Waals surface area contributed by atoms with Crippen LogP contribution in [-0.4, -0.2) is 19.9 Å². The van der Waals surface area contributed by atoms with Gasteiger partial charge < -0.3 is 9.40 Å². The van der Waals surface area contributed by atoms with Crippen LogP contribution in [-0.2, 0) is 6.42 Å². The maximum atomic E-state index is 6.07. The van der Waals surface area contributed by atoms with Crippen molar-refractivity contribution in [3.63, 3.8) is 0 Å². The quantitative estimate of drug-likeness (QED) is 0.613. The van der Waals surface area contributed by atoms with E-state index in [4.69, 9.17) is 16.0 Å². The molecule has 0 atom stereocenters. The maximum absolute atomic E-state index is 6.07. The first-order chi connectivity index (χ1) is 10.2. The topological polar surface area (TPSA) is 67.6 Å². The lowest BCUT2D eigenvalue weighted by Crippen LogP contribution is -1.90. The van der Waals surface area contributed by atoms with E-state index in [1.807, 2.05) is 25.1 Å². The predicted octanol–water partition coefficient (Wildman–Crippen LogP) is 3.65. The predicted molar refractivity (Wildman–Crippen MR) is 80.5 cm³/mol. The Kier molecular flexibility index (Phi) is 2.68. The van der Waals surface area contributed by atoms with Crippen LogP contribution in [0.5, 0.6) is 0 Å². The zero-order valence-corrected chi connectivity index (χ0v) is 12.0. The van der Waals surface area contributed by atoms with Crippen LogP contribution < -0.4 is 0 Å². The van der Waals surface area contributed by atoms with Gasteiger partial charge in [0.25, 0.3) is 0 Å². The molecule has 0 bridgehead atoms. The Bertz CT molecular complexity index is 957. The minimum Gasteiger partial charge on any atom is -0.446 e. The first-order valence-corrected chi connectivity index (χ1v) is 6.91. The number of aromatic amines is 1. The van der Waals surface area contributed by atoms with Crippen LogP contribution in [0, 0.1) is 6.92 Å². The highest BCUT2D eigenvalue weighted by Crippen LogP contribution is 2.25. The Morgan fingerprint density at radius 3 is 2.90 bits per heavy atom. The molecule has 0 amide bonds. The second kappa shape index (κ2) is 4.56. The fraction of sp³-hybridized carbons (Fsp3) is 0.133. The van der Waals surface area contributed by atoms with Crippen molar-refractivity contribution in [2.45, 2.75) is 13.3 Å². The van der Waals surface area contributed by atoms with Crippen molar-refractivity contribution in [1.29, 1.82) is 0 Å². The molecule has 4 rings (SSSR count). The van der Waals surface area contributed by atoms with Gasteiger partial charge in [0.15, 0.2) is 0 Å². The van der Waals surface area contributed by atoms with E-state index in [1.54, 1.807) is 12.4 Å². The van der Waals surface area contributed by atoms with Gasteiger partial charge in [-0.2, -0.15) is 0 Å². The molecule has 21 heavy (non-hydrogen) atoms. The van der Waals surface area contributed by atoms with Crippen molar-refractivity contribution in [2.75, 3.05) is 0 Å². The van der Waals surface area contributed by atoms with Crippen molar-refractivity contribution in [3.05, 3.63) is 53.1 Å². The largest absolute Gasteiger partial charge is 0.446 e. The summed E-state index contributed by atoms with van der Waals surface area (Å²) in [4.78, 5) is 16.4. The van der Waals surface area contributed by atoms with E-state index in [1.165, 1.54) is 0 Å². The summed E-state index contributed by atoms with van der Waals surface area (Å²) in [6, 6.07) is 5.62. The lowest BCUT2D eigenvalue weighted by atomic mass is 10.2. The summed E-state index contributed by atoms with van der Waals surface area (Å²) in [6.45, 7) is 1.87. The first kappa shape index (κ1) is 12.3. The number of aryl methyl sites for hydroxylation is 1. The zero-order valence-electron chi connectivity index (χ0n) is 11.2. The van der Waals surface area contributed by atoms with Gasteiger partial charge in [-0.1, -0.05) is 11.6 Å². The standard InChI is InChI=1S/C15H11ClN4O/c1-8-6-18-14(21-8)5-13-19-12-7-17-11-3-2-9(16)4-10(11)15(12)20-13/h2-4,6-7H,5H2,1H3,(H,19,20). The molecule has 3 aromatic heterocycles. The molecular weight excluding hydrogens is 288 g/mol.